The molecule has 7 nitrogen and oxygen atoms in total. The Kier molecular flexibility index (Phi) is 3.78. The average molecular weight is 296 g/mol. The zero-order valence-corrected chi connectivity index (χ0v) is 11.8. The lowest BCUT2D eigenvalue weighted by atomic mass is 9.83. The Hall–Kier alpha value is -2.28. The second kappa shape index (κ2) is 5.25. The van der Waals surface area contributed by atoms with E-state index in [1.54, 1.807) is 13.8 Å². The quantitative estimate of drug-likeness (QED) is 0.726. The molecule has 0 spiro atoms. The van der Waals surface area contributed by atoms with E-state index in [0.717, 1.165) is 0 Å². The van der Waals surface area contributed by atoms with Crippen LogP contribution < -0.4 is 0 Å². The number of carbonyl (C=O) groups excluding carboxylic acids is 1. The fourth-order valence-electron chi connectivity index (χ4n) is 2.56. The number of benzene rings is 1. The van der Waals surface area contributed by atoms with Gasteiger partial charge in [0.1, 0.15) is 28.7 Å². The fraction of sp³-hybridized carbons (Fsp3) is 0.429. The Balaban J connectivity index is 2.88. The number of fused-ring (bicyclic) bond motifs is 1. The van der Waals surface area contributed by atoms with Crippen molar-refractivity contribution in [2.24, 2.45) is 0 Å². The highest BCUT2D eigenvalue weighted by Gasteiger charge is 2.39. The van der Waals surface area contributed by atoms with Crippen molar-refractivity contribution in [1.82, 2.24) is 0 Å². The number of rotatable bonds is 3. The highest BCUT2D eigenvalue weighted by atomic mass is 16.5. The molecule has 0 fully saturated rings. The smallest absolute Gasteiger partial charge is 0.343 e. The van der Waals surface area contributed by atoms with Gasteiger partial charge in [0, 0.05) is 18.6 Å². The van der Waals surface area contributed by atoms with E-state index in [2.05, 4.69) is 0 Å². The van der Waals surface area contributed by atoms with Crippen molar-refractivity contribution in [2.75, 3.05) is 7.11 Å². The number of carboxylic acid groups (broad SMARTS) is 1. The molecule has 0 saturated heterocycles. The number of ether oxygens (including phenoxy) is 2. The Bertz CT molecular complexity index is 620. The van der Waals surface area contributed by atoms with E-state index < -0.39 is 35.1 Å². The van der Waals surface area contributed by atoms with Crippen LogP contribution in [0.25, 0.3) is 0 Å². The molecule has 2 rings (SSSR count). The normalized spacial score (nSPS) is 20.8. The molecule has 1 aliphatic rings. The van der Waals surface area contributed by atoms with Crippen LogP contribution in [0.2, 0.25) is 0 Å². The first-order chi connectivity index (χ1) is 9.81. The maximum atomic E-state index is 12.0. The Morgan fingerprint density at radius 3 is 2.43 bits per heavy atom. The van der Waals surface area contributed by atoms with Crippen molar-refractivity contribution in [3.63, 3.8) is 0 Å². The molecule has 1 aromatic rings. The summed E-state index contributed by atoms with van der Waals surface area (Å²) in [6.45, 7) is 3.36. The fourth-order valence-corrected chi connectivity index (χ4v) is 2.56. The largest absolute Gasteiger partial charge is 0.507 e. The number of carboxylic acids is 1. The molecule has 0 aromatic heterocycles. The highest BCUT2D eigenvalue weighted by molar-refractivity contribution is 6.04. The third-order valence-electron chi connectivity index (χ3n) is 3.75. The van der Waals surface area contributed by atoms with Crippen molar-refractivity contribution in [3.05, 3.63) is 22.3 Å². The highest BCUT2D eigenvalue weighted by Crippen LogP contribution is 2.45. The molecule has 114 valence electrons. The molecular weight excluding hydrogens is 280 g/mol. The standard InChI is InChI=1S/C14H16O7/c1-5-6(2)21-14(19)9-8(5)7(4-20-3)11(15)10(12(9)16)13(17)18/h5-6,15-16H,4H2,1-3H3,(H,17,18)/t5-,6-/m1/s1. The summed E-state index contributed by atoms with van der Waals surface area (Å²) in [4.78, 5) is 23.2. The zero-order chi connectivity index (χ0) is 15.9. The Labute approximate surface area is 120 Å². The van der Waals surface area contributed by atoms with Gasteiger partial charge < -0.3 is 24.8 Å². The lowest BCUT2D eigenvalue weighted by molar-refractivity contribution is 0.0232. The van der Waals surface area contributed by atoms with Crippen LogP contribution in [0, 0.1) is 0 Å². The third kappa shape index (κ3) is 2.19. The van der Waals surface area contributed by atoms with Crippen molar-refractivity contribution in [3.8, 4) is 11.5 Å². The number of hydrogen-bond donors (Lipinski definition) is 3. The number of aromatic hydroxyl groups is 2. The number of esters is 1. The van der Waals surface area contributed by atoms with Crippen molar-refractivity contribution in [2.45, 2.75) is 32.5 Å². The minimum atomic E-state index is -1.54. The number of aromatic carboxylic acids is 1. The summed E-state index contributed by atoms with van der Waals surface area (Å²) >= 11 is 0. The van der Waals surface area contributed by atoms with Gasteiger partial charge in [-0.2, -0.15) is 0 Å². The van der Waals surface area contributed by atoms with Crippen molar-refractivity contribution < 1.29 is 34.4 Å². The molecule has 0 bridgehead atoms. The van der Waals surface area contributed by atoms with E-state index in [1.165, 1.54) is 7.11 Å². The van der Waals surface area contributed by atoms with Crippen LogP contribution in [-0.2, 0) is 16.1 Å². The second-order valence-corrected chi connectivity index (χ2v) is 4.98. The van der Waals surface area contributed by atoms with Gasteiger partial charge in [-0.3, -0.25) is 0 Å². The predicted molar refractivity (Wildman–Crippen MR) is 70.7 cm³/mol. The number of hydrogen-bond acceptors (Lipinski definition) is 6. The molecule has 0 radical (unpaired) electrons. The van der Waals surface area contributed by atoms with E-state index >= 15 is 0 Å². The third-order valence-corrected chi connectivity index (χ3v) is 3.75. The number of carbonyl (C=O) groups is 2. The van der Waals surface area contributed by atoms with Gasteiger partial charge in [0.2, 0.25) is 0 Å². The van der Waals surface area contributed by atoms with Gasteiger partial charge in [-0.25, -0.2) is 9.59 Å². The molecule has 1 aliphatic heterocycles. The lowest BCUT2D eigenvalue weighted by Crippen LogP contribution is -2.30. The summed E-state index contributed by atoms with van der Waals surface area (Å²) in [5.74, 6) is -4.03. The van der Waals surface area contributed by atoms with Gasteiger partial charge in [0.05, 0.1) is 6.61 Å². The molecular formula is C14H16O7. The SMILES string of the molecule is COCc1c(O)c(C(=O)O)c(O)c2c1[C@H](C)[C@@H](C)OC2=O. The molecule has 2 atom stereocenters. The molecule has 3 N–H and O–H groups in total. The maximum absolute atomic E-state index is 12.0. The topological polar surface area (TPSA) is 113 Å². The molecule has 0 saturated carbocycles. The number of cyclic esters (lactones) is 1. The molecule has 1 aromatic carbocycles. The van der Waals surface area contributed by atoms with E-state index in [1.807, 2.05) is 0 Å². The average Bonchev–Trinajstić information content (AvgIpc) is 2.38. The van der Waals surface area contributed by atoms with Gasteiger partial charge in [-0.05, 0) is 12.5 Å². The van der Waals surface area contributed by atoms with Crippen molar-refractivity contribution in [1.29, 1.82) is 0 Å². The molecule has 0 aliphatic carbocycles. The summed E-state index contributed by atoms with van der Waals surface area (Å²) < 4.78 is 10.1. The van der Waals surface area contributed by atoms with Crippen LogP contribution in [-0.4, -0.2) is 40.5 Å². The van der Waals surface area contributed by atoms with Crippen LogP contribution in [0.3, 0.4) is 0 Å². The first kappa shape index (κ1) is 15.1. The Morgan fingerprint density at radius 1 is 1.29 bits per heavy atom. The van der Waals surface area contributed by atoms with Crippen LogP contribution in [0.15, 0.2) is 0 Å². The predicted octanol–water partition coefficient (Wildman–Crippen LogP) is 1.60. The van der Waals surface area contributed by atoms with E-state index in [9.17, 15) is 19.8 Å². The number of methoxy groups -OCH3 is 1. The van der Waals surface area contributed by atoms with Gasteiger partial charge in [0.25, 0.3) is 0 Å². The van der Waals surface area contributed by atoms with Gasteiger partial charge in [-0.1, -0.05) is 6.92 Å². The van der Waals surface area contributed by atoms with Crippen LogP contribution in [0.1, 0.15) is 51.6 Å². The maximum Gasteiger partial charge on any atom is 0.343 e. The first-order valence-corrected chi connectivity index (χ1v) is 6.35. The van der Waals surface area contributed by atoms with Crippen LogP contribution in [0.5, 0.6) is 11.5 Å². The zero-order valence-electron chi connectivity index (χ0n) is 11.8. The first-order valence-electron chi connectivity index (χ1n) is 6.35. The summed E-state index contributed by atoms with van der Waals surface area (Å²) in [6.07, 6.45) is -0.463. The molecule has 0 amide bonds. The second-order valence-electron chi connectivity index (χ2n) is 4.98. The monoisotopic (exact) mass is 296 g/mol. The molecule has 7 heteroatoms. The van der Waals surface area contributed by atoms with E-state index in [4.69, 9.17) is 14.6 Å². The molecule has 21 heavy (non-hydrogen) atoms. The lowest BCUT2D eigenvalue weighted by Gasteiger charge is -2.31. The Morgan fingerprint density at radius 2 is 1.90 bits per heavy atom. The minimum absolute atomic E-state index is 0.0843. The molecule has 1 heterocycles. The van der Waals surface area contributed by atoms with Crippen molar-refractivity contribution >= 4 is 11.9 Å². The van der Waals surface area contributed by atoms with Crippen LogP contribution >= 0.6 is 0 Å². The summed E-state index contributed by atoms with van der Waals surface area (Å²) in [6, 6.07) is 0. The van der Waals surface area contributed by atoms with Gasteiger partial charge >= 0.3 is 11.9 Å². The summed E-state index contributed by atoms with van der Waals surface area (Å²) in [5.41, 5.74) is -0.401. The van der Waals surface area contributed by atoms with Crippen LogP contribution in [0.4, 0.5) is 0 Å². The summed E-state index contributed by atoms with van der Waals surface area (Å²) in [7, 11) is 1.38. The van der Waals surface area contributed by atoms with E-state index in [0.29, 0.717) is 5.56 Å². The minimum Gasteiger partial charge on any atom is -0.507 e. The molecule has 0 unspecified atom stereocenters. The summed E-state index contributed by atoms with van der Waals surface area (Å²) in [5, 5.41) is 29.3. The van der Waals surface area contributed by atoms with Gasteiger partial charge in [-0.15, -0.1) is 0 Å². The van der Waals surface area contributed by atoms with E-state index in [-0.39, 0.29) is 23.7 Å². The van der Waals surface area contributed by atoms with Gasteiger partial charge in [0.15, 0.2) is 0 Å². The number of phenols is 2.